The summed E-state index contributed by atoms with van der Waals surface area (Å²) in [5, 5.41) is 7.51. The Morgan fingerprint density at radius 2 is 2.23 bits per heavy atom. The molecule has 5 nitrogen and oxygen atoms in total. The van der Waals surface area contributed by atoms with Crippen molar-refractivity contribution in [3.63, 3.8) is 0 Å². The van der Waals surface area contributed by atoms with E-state index in [2.05, 4.69) is 17.0 Å². The molecule has 7 heteroatoms. The number of nitrogens with zero attached hydrogens (tertiary/aromatic N) is 3. The number of aryl methyl sites for hydroxylation is 1. The van der Waals surface area contributed by atoms with E-state index in [1.807, 2.05) is 19.4 Å². The van der Waals surface area contributed by atoms with Crippen LogP contribution in [0.15, 0.2) is 49.3 Å². The van der Waals surface area contributed by atoms with Gasteiger partial charge in [0.25, 0.3) is 0 Å². The highest BCUT2D eigenvalue weighted by atomic mass is 35.5. The molecule has 1 saturated heterocycles. The van der Waals surface area contributed by atoms with E-state index < -0.39 is 0 Å². The summed E-state index contributed by atoms with van der Waals surface area (Å²) >= 11 is 0. The Kier molecular flexibility index (Phi) is 6.94. The predicted octanol–water partition coefficient (Wildman–Crippen LogP) is 2.50. The van der Waals surface area contributed by atoms with Crippen molar-refractivity contribution in [2.75, 3.05) is 19.6 Å². The van der Waals surface area contributed by atoms with Gasteiger partial charge in [-0.3, -0.25) is 9.48 Å². The van der Waals surface area contributed by atoms with Gasteiger partial charge in [0.15, 0.2) is 0 Å². The molecule has 2 heterocycles. The average molecular weight is 379 g/mol. The molecule has 140 valence electrons. The number of carbonyl (C=O) groups is 1. The summed E-state index contributed by atoms with van der Waals surface area (Å²) in [5.74, 6) is -0.384. The van der Waals surface area contributed by atoms with Gasteiger partial charge in [0.1, 0.15) is 5.82 Å². The predicted molar refractivity (Wildman–Crippen MR) is 102 cm³/mol. The van der Waals surface area contributed by atoms with Gasteiger partial charge in [-0.25, -0.2) is 4.39 Å². The van der Waals surface area contributed by atoms with Crippen molar-refractivity contribution in [2.45, 2.75) is 12.5 Å². The summed E-state index contributed by atoms with van der Waals surface area (Å²) in [5.41, 5.74) is 1.57. The van der Waals surface area contributed by atoms with Crippen LogP contribution in [0.1, 0.15) is 17.0 Å². The van der Waals surface area contributed by atoms with Crippen LogP contribution in [0.4, 0.5) is 4.39 Å². The fourth-order valence-corrected chi connectivity index (χ4v) is 3.38. The van der Waals surface area contributed by atoms with Crippen LogP contribution in [-0.4, -0.2) is 40.2 Å². The van der Waals surface area contributed by atoms with Crippen molar-refractivity contribution >= 4 is 18.3 Å². The monoisotopic (exact) mass is 378 g/mol. The third-order valence-corrected chi connectivity index (χ3v) is 4.66. The number of benzene rings is 1. The average Bonchev–Trinajstić information content (AvgIpc) is 3.24. The first kappa shape index (κ1) is 20.1. The second kappa shape index (κ2) is 8.96. The number of amides is 1. The van der Waals surface area contributed by atoms with Crippen molar-refractivity contribution < 1.29 is 9.18 Å². The molecule has 2 aromatic rings. The number of nitrogens with one attached hydrogen (secondary N) is 1. The Balaban J connectivity index is 0.00000243. The molecule has 26 heavy (non-hydrogen) atoms. The second-order valence-electron chi connectivity index (χ2n) is 6.42. The lowest BCUT2D eigenvalue weighted by molar-refractivity contribution is -0.135. The maximum atomic E-state index is 14.0. The summed E-state index contributed by atoms with van der Waals surface area (Å²) in [6.07, 6.45) is 5.44. The maximum Gasteiger partial charge on any atom is 0.228 e. The van der Waals surface area contributed by atoms with E-state index in [0.29, 0.717) is 18.7 Å². The highest BCUT2D eigenvalue weighted by Gasteiger charge is 2.37. The molecule has 1 fully saturated rings. The largest absolute Gasteiger partial charge is 0.334 e. The molecule has 3 rings (SSSR count). The Morgan fingerprint density at radius 3 is 2.88 bits per heavy atom. The van der Waals surface area contributed by atoms with E-state index in [0.717, 1.165) is 12.1 Å². The van der Waals surface area contributed by atoms with Crippen molar-refractivity contribution in [3.8, 4) is 0 Å². The van der Waals surface area contributed by atoms with Crippen LogP contribution < -0.4 is 5.32 Å². The summed E-state index contributed by atoms with van der Waals surface area (Å²) in [6, 6.07) is 6.56. The molecule has 0 bridgehead atoms. The molecule has 0 radical (unpaired) electrons. The van der Waals surface area contributed by atoms with Crippen LogP contribution in [0.2, 0.25) is 0 Å². The molecule has 1 aliphatic heterocycles. The van der Waals surface area contributed by atoms with Crippen LogP contribution in [0.5, 0.6) is 0 Å². The molecule has 0 saturated carbocycles. The van der Waals surface area contributed by atoms with Crippen LogP contribution >= 0.6 is 12.4 Å². The van der Waals surface area contributed by atoms with Gasteiger partial charge in [0.05, 0.1) is 12.1 Å². The number of halogens is 2. The lowest BCUT2D eigenvalue weighted by atomic mass is 9.89. The molecule has 1 aliphatic rings. The molecule has 1 aromatic heterocycles. The van der Waals surface area contributed by atoms with Crippen LogP contribution in [0.25, 0.3) is 0 Å². The zero-order valence-electron chi connectivity index (χ0n) is 14.8. The third kappa shape index (κ3) is 4.31. The van der Waals surface area contributed by atoms with E-state index >= 15 is 0 Å². The Labute approximate surface area is 159 Å². The molecule has 0 spiro atoms. The lowest BCUT2D eigenvalue weighted by Crippen LogP contribution is -2.38. The molecule has 2 atom stereocenters. The first-order valence-corrected chi connectivity index (χ1v) is 8.42. The van der Waals surface area contributed by atoms with Gasteiger partial charge in [-0.05, 0) is 11.6 Å². The highest BCUT2D eigenvalue weighted by molar-refractivity contribution is 5.85. The molecule has 0 unspecified atom stereocenters. The minimum Gasteiger partial charge on any atom is -0.334 e. The summed E-state index contributed by atoms with van der Waals surface area (Å²) in [4.78, 5) is 14.8. The minimum atomic E-state index is -0.294. The molecule has 1 N–H and O–H groups in total. The van der Waals surface area contributed by atoms with E-state index in [1.165, 1.54) is 6.07 Å². The summed E-state index contributed by atoms with van der Waals surface area (Å²) in [6.45, 7) is 5.73. The zero-order chi connectivity index (χ0) is 17.8. The highest BCUT2D eigenvalue weighted by Crippen LogP contribution is 2.29. The standard InChI is InChI=1S/C19H23FN4O.ClH/c1-3-8-24(13-14-6-4-5-7-18(14)20)19(25)17-11-21-10-16(17)15-9-22-23(2)12-15;/h3-7,9,12,16-17,21H,1,8,10-11,13H2,2H3;1H/t16-,17+;/m1./s1. The molecule has 1 amide bonds. The number of hydrogen-bond acceptors (Lipinski definition) is 3. The van der Waals surface area contributed by atoms with Crippen LogP contribution in [-0.2, 0) is 18.4 Å². The number of rotatable bonds is 6. The van der Waals surface area contributed by atoms with E-state index in [-0.39, 0.29) is 42.5 Å². The normalized spacial score (nSPS) is 19.0. The third-order valence-electron chi connectivity index (χ3n) is 4.66. The number of carbonyl (C=O) groups excluding carboxylic acids is 1. The number of aromatic nitrogens is 2. The Morgan fingerprint density at radius 1 is 1.46 bits per heavy atom. The van der Waals surface area contributed by atoms with Gasteiger partial charge in [-0.15, -0.1) is 19.0 Å². The van der Waals surface area contributed by atoms with Crippen LogP contribution in [0.3, 0.4) is 0 Å². The minimum absolute atomic E-state index is 0. The van der Waals surface area contributed by atoms with Gasteiger partial charge in [0.2, 0.25) is 5.91 Å². The Bertz CT molecular complexity index is 764. The zero-order valence-corrected chi connectivity index (χ0v) is 15.6. The van der Waals surface area contributed by atoms with E-state index in [4.69, 9.17) is 0 Å². The van der Waals surface area contributed by atoms with Gasteiger partial charge in [0, 0.05) is 50.9 Å². The molecular formula is C19H24ClFN4O. The van der Waals surface area contributed by atoms with Gasteiger partial charge in [-0.2, -0.15) is 5.10 Å². The molecular weight excluding hydrogens is 355 g/mol. The van der Waals surface area contributed by atoms with Gasteiger partial charge < -0.3 is 10.2 Å². The first-order chi connectivity index (χ1) is 12.1. The smallest absolute Gasteiger partial charge is 0.228 e. The SMILES string of the molecule is C=CCN(Cc1ccccc1F)C(=O)[C@H]1CNC[C@@H]1c1cnn(C)c1.Cl. The summed E-state index contributed by atoms with van der Waals surface area (Å²) < 4.78 is 15.7. The van der Waals surface area contributed by atoms with Crippen molar-refractivity contribution in [1.29, 1.82) is 0 Å². The van der Waals surface area contributed by atoms with Gasteiger partial charge in [-0.1, -0.05) is 24.3 Å². The van der Waals surface area contributed by atoms with E-state index in [9.17, 15) is 9.18 Å². The van der Waals surface area contributed by atoms with E-state index in [1.54, 1.807) is 33.9 Å². The van der Waals surface area contributed by atoms with Crippen molar-refractivity contribution in [1.82, 2.24) is 20.0 Å². The van der Waals surface area contributed by atoms with Gasteiger partial charge >= 0.3 is 0 Å². The van der Waals surface area contributed by atoms with Crippen molar-refractivity contribution in [2.24, 2.45) is 13.0 Å². The Hall–Kier alpha value is -2.18. The summed E-state index contributed by atoms with van der Waals surface area (Å²) in [7, 11) is 1.87. The second-order valence-corrected chi connectivity index (χ2v) is 6.42. The lowest BCUT2D eigenvalue weighted by Gasteiger charge is -2.27. The van der Waals surface area contributed by atoms with Crippen molar-refractivity contribution in [3.05, 3.63) is 66.3 Å². The number of hydrogen-bond donors (Lipinski definition) is 1. The van der Waals surface area contributed by atoms with Crippen LogP contribution in [0, 0.1) is 11.7 Å². The fraction of sp³-hybridized carbons (Fsp3) is 0.368. The molecule has 0 aliphatic carbocycles. The fourth-order valence-electron chi connectivity index (χ4n) is 3.38. The first-order valence-electron chi connectivity index (χ1n) is 8.42. The topological polar surface area (TPSA) is 50.2 Å². The quantitative estimate of drug-likeness (QED) is 0.786. The maximum absolute atomic E-state index is 14.0. The molecule has 1 aromatic carbocycles.